The molecule has 1 amide bonds. The van der Waals surface area contributed by atoms with Crippen LogP contribution >= 0.6 is 0 Å². The molecule has 1 N–H and O–H groups in total. The molecule has 4 rings (SSSR count). The summed E-state index contributed by atoms with van der Waals surface area (Å²) < 4.78 is 10.7. The zero-order valence-electron chi connectivity index (χ0n) is 17.1. The minimum absolute atomic E-state index is 0.103. The van der Waals surface area contributed by atoms with E-state index in [1.807, 2.05) is 31.2 Å². The van der Waals surface area contributed by atoms with E-state index in [4.69, 9.17) is 9.15 Å². The van der Waals surface area contributed by atoms with Gasteiger partial charge in [0.15, 0.2) is 12.4 Å². The third-order valence-corrected chi connectivity index (χ3v) is 5.06. The first kappa shape index (κ1) is 20.3. The number of benzene rings is 1. The Morgan fingerprint density at radius 3 is 2.65 bits per heavy atom. The highest BCUT2D eigenvalue weighted by Crippen LogP contribution is 2.33. The molecule has 0 saturated carbocycles. The van der Waals surface area contributed by atoms with E-state index in [1.165, 1.54) is 24.2 Å². The second-order valence-corrected chi connectivity index (χ2v) is 7.32. The Labute approximate surface area is 178 Å². The van der Waals surface area contributed by atoms with E-state index in [-0.39, 0.29) is 11.5 Å². The Bertz CT molecular complexity index is 1140. The monoisotopic (exact) mass is 419 g/mol. The van der Waals surface area contributed by atoms with Crippen molar-refractivity contribution in [2.24, 2.45) is 5.10 Å². The van der Waals surface area contributed by atoms with Gasteiger partial charge in [-0.1, -0.05) is 29.8 Å². The highest BCUT2D eigenvalue weighted by molar-refractivity contribution is 6.03. The first-order valence-electron chi connectivity index (χ1n) is 9.79. The lowest BCUT2D eigenvalue weighted by molar-refractivity contribution is -0.136. The Balaban J connectivity index is 1.49. The molecule has 0 aliphatic carbocycles. The van der Waals surface area contributed by atoms with Crippen LogP contribution in [0.5, 0.6) is 0 Å². The van der Waals surface area contributed by atoms with Crippen LogP contribution in [0.1, 0.15) is 57.1 Å². The minimum atomic E-state index is -0.725. The molecule has 1 aromatic carbocycles. The summed E-state index contributed by atoms with van der Waals surface area (Å²) >= 11 is 0. The lowest BCUT2D eigenvalue weighted by Crippen LogP contribution is -2.31. The number of nitrogens with zero attached hydrogens (tertiary/aromatic N) is 2. The van der Waals surface area contributed by atoms with Gasteiger partial charge in [0.25, 0.3) is 5.91 Å². The first-order valence-corrected chi connectivity index (χ1v) is 9.79. The van der Waals surface area contributed by atoms with Gasteiger partial charge in [0.05, 0.1) is 12.0 Å². The molecule has 1 aliphatic heterocycles. The zero-order valence-corrected chi connectivity index (χ0v) is 17.1. The second-order valence-electron chi connectivity index (χ2n) is 7.32. The van der Waals surface area contributed by atoms with Gasteiger partial charge < -0.3 is 14.1 Å². The van der Waals surface area contributed by atoms with Crippen molar-refractivity contribution in [2.45, 2.75) is 26.3 Å². The number of amides is 1. The zero-order chi connectivity index (χ0) is 22.0. The van der Waals surface area contributed by atoms with Crippen molar-refractivity contribution >= 4 is 23.4 Å². The maximum atomic E-state index is 12.9. The van der Waals surface area contributed by atoms with Crippen molar-refractivity contribution in [2.75, 3.05) is 6.61 Å². The molecule has 158 valence electrons. The molecule has 0 bridgehead atoms. The molecular weight excluding hydrogens is 398 g/mol. The highest BCUT2D eigenvalue weighted by atomic mass is 16.5. The number of carbonyl (C=O) groups excluding carboxylic acids is 3. The van der Waals surface area contributed by atoms with Crippen molar-refractivity contribution in [1.29, 1.82) is 0 Å². The SMILES string of the molecule is CC(=O)c1c[nH]c(C(=O)OCC(=O)N2N=C(c3ccc(C)cc3)C[C@@H]2c2ccco2)c1. The van der Waals surface area contributed by atoms with Crippen molar-refractivity contribution in [3.05, 3.63) is 83.1 Å². The number of rotatable bonds is 6. The Hall–Kier alpha value is -3.94. The average molecular weight is 419 g/mol. The van der Waals surface area contributed by atoms with Crippen LogP contribution < -0.4 is 0 Å². The molecule has 0 unspecified atom stereocenters. The molecule has 1 aliphatic rings. The predicted molar refractivity (Wildman–Crippen MR) is 112 cm³/mol. The van der Waals surface area contributed by atoms with E-state index < -0.39 is 24.5 Å². The van der Waals surface area contributed by atoms with Gasteiger partial charge in [0.2, 0.25) is 0 Å². The van der Waals surface area contributed by atoms with E-state index in [0.29, 0.717) is 17.7 Å². The molecule has 0 saturated heterocycles. The van der Waals surface area contributed by atoms with Gasteiger partial charge in [-0.3, -0.25) is 9.59 Å². The number of furan rings is 1. The quantitative estimate of drug-likeness (QED) is 0.485. The Morgan fingerprint density at radius 2 is 2.00 bits per heavy atom. The average Bonchev–Trinajstić information content (AvgIpc) is 3.52. The summed E-state index contributed by atoms with van der Waals surface area (Å²) in [6, 6.07) is 12.4. The van der Waals surface area contributed by atoms with E-state index >= 15 is 0 Å². The number of Topliss-reactive ketones (excluding diaryl/α,β-unsaturated/α-hetero) is 1. The number of aryl methyl sites for hydroxylation is 1. The molecular formula is C23H21N3O5. The highest BCUT2D eigenvalue weighted by Gasteiger charge is 2.35. The van der Waals surface area contributed by atoms with Crippen molar-refractivity contribution < 1.29 is 23.5 Å². The molecule has 1 atom stereocenters. The fraction of sp³-hybridized carbons (Fsp3) is 0.217. The summed E-state index contributed by atoms with van der Waals surface area (Å²) in [5.74, 6) is -0.781. The molecule has 8 nitrogen and oxygen atoms in total. The second kappa shape index (κ2) is 8.43. The number of H-pyrrole nitrogens is 1. The number of aromatic amines is 1. The molecule has 3 heterocycles. The number of aromatic nitrogens is 1. The fourth-order valence-electron chi connectivity index (χ4n) is 3.35. The summed E-state index contributed by atoms with van der Waals surface area (Å²) in [7, 11) is 0. The van der Waals surface area contributed by atoms with E-state index in [9.17, 15) is 14.4 Å². The van der Waals surface area contributed by atoms with Crippen molar-refractivity contribution in [3.8, 4) is 0 Å². The van der Waals surface area contributed by atoms with Gasteiger partial charge in [-0.25, -0.2) is 9.80 Å². The molecule has 2 aromatic heterocycles. The third kappa shape index (κ3) is 4.32. The largest absolute Gasteiger partial charge is 0.467 e. The van der Waals surface area contributed by atoms with Gasteiger partial charge in [-0.2, -0.15) is 5.10 Å². The van der Waals surface area contributed by atoms with Crippen LogP contribution in [0.15, 0.2) is 64.4 Å². The van der Waals surface area contributed by atoms with Crippen LogP contribution in [-0.2, 0) is 9.53 Å². The number of hydrogen-bond acceptors (Lipinski definition) is 6. The van der Waals surface area contributed by atoms with Gasteiger partial charge in [-0.15, -0.1) is 0 Å². The van der Waals surface area contributed by atoms with E-state index in [0.717, 1.165) is 16.8 Å². The van der Waals surface area contributed by atoms with Gasteiger partial charge in [0, 0.05) is 18.2 Å². The summed E-state index contributed by atoms with van der Waals surface area (Å²) in [5, 5.41) is 5.80. The molecule has 0 spiro atoms. The normalized spacial score (nSPS) is 15.6. The lowest BCUT2D eigenvalue weighted by atomic mass is 10.0. The van der Waals surface area contributed by atoms with E-state index in [1.54, 1.807) is 18.4 Å². The first-order chi connectivity index (χ1) is 14.9. The molecule has 0 fully saturated rings. The van der Waals surface area contributed by atoms with Crippen LogP contribution in [0.25, 0.3) is 0 Å². The van der Waals surface area contributed by atoms with Crippen molar-refractivity contribution in [3.63, 3.8) is 0 Å². The number of nitrogens with one attached hydrogen (secondary N) is 1. The van der Waals surface area contributed by atoms with Gasteiger partial charge >= 0.3 is 5.97 Å². The maximum absolute atomic E-state index is 12.9. The number of esters is 1. The topological polar surface area (TPSA) is 105 Å². The summed E-state index contributed by atoms with van der Waals surface area (Å²) in [5.41, 5.74) is 3.25. The number of hydrazone groups is 1. The fourth-order valence-corrected chi connectivity index (χ4v) is 3.35. The van der Waals surface area contributed by atoms with Gasteiger partial charge in [-0.05, 0) is 37.6 Å². The van der Waals surface area contributed by atoms with Crippen LogP contribution in [0, 0.1) is 6.92 Å². The molecule has 31 heavy (non-hydrogen) atoms. The predicted octanol–water partition coefficient (Wildman–Crippen LogP) is 3.65. The van der Waals surface area contributed by atoms with E-state index in [2.05, 4.69) is 10.1 Å². The van der Waals surface area contributed by atoms with Crippen LogP contribution in [0.4, 0.5) is 0 Å². The number of ether oxygens (including phenoxy) is 1. The Kier molecular flexibility index (Phi) is 5.53. The number of ketones is 1. The molecule has 3 aromatic rings. The summed E-state index contributed by atoms with van der Waals surface area (Å²) in [4.78, 5) is 39.2. The smallest absolute Gasteiger partial charge is 0.355 e. The summed E-state index contributed by atoms with van der Waals surface area (Å²) in [6.07, 6.45) is 3.45. The summed E-state index contributed by atoms with van der Waals surface area (Å²) in [6.45, 7) is 2.91. The molecule has 0 radical (unpaired) electrons. The Morgan fingerprint density at radius 1 is 1.23 bits per heavy atom. The molecule has 8 heteroatoms. The minimum Gasteiger partial charge on any atom is -0.467 e. The maximum Gasteiger partial charge on any atom is 0.355 e. The number of hydrogen-bond donors (Lipinski definition) is 1. The van der Waals surface area contributed by atoms with Gasteiger partial charge in [0.1, 0.15) is 17.5 Å². The third-order valence-electron chi connectivity index (χ3n) is 5.06. The number of carbonyl (C=O) groups is 3. The van der Waals surface area contributed by atoms with Crippen molar-refractivity contribution in [1.82, 2.24) is 9.99 Å². The lowest BCUT2D eigenvalue weighted by Gasteiger charge is -2.19. The standard InChI is InChI=1S/C23H21N3O5/c1-14-5-7-16(8-6-14)18-11-20(21-4-3-9-30-21)26(25-18)22(28)13-31-23(29)19-10-17(12-24-19)15(2)27/h3-10,12,20,24H,11,13H2,1-2H3/t20-/m1/s1. The van der Waals surface area contributed by atoms with Crippen LogP contribution in [0.3, 0.4) is 0 Å². The van der Waals surface area contributed by atoms with Crippen LogP contribution in [0.2, 0.25) is 0 Å². The van der Waals surface area contributed by atoms with Crippen LogP contribution in [-0.4, -0.2) is 40.0 Å².